The van der Waals surface area contributed by atoms with Crippen molar-refractivity contribution in [2.45, 2.75) is 20.8 Å². The third-order valence-corrected chi connectivity index (χ3v) is 0.575. The molecule has 0 unspecified atom stereocenters. The first-order valence-corrected chi connectivity index (χ1v) is 2.98. The summed E-state index contributed by atoms with van der Waals surface area (Å²) >= 11 is 0. The molecular formula is C6H15FO. The van der Waals surface area contributed by atoms with E-state index in [9.17, 15) is 4.39 Å². The summed E-state index contributed by atoms with van der Waals surface area (Å²) in [6, 6.07) is 0. The van der Waals surface area contributed by atoms with Gasteiger partial charge in [0.2, 0.25) is 0 Å². The Balaban J connectivity index is 0. The van der Waals surface area contributed by atoms with Crippen LogP contribution in [-0.4, -0.2) is 18.4 Å². The highest BCUT2D eigenvalue weighted by atomic mass is 19.1. The molecule has 0 aromatic carbocycles. The third kappa shape index (κ3) is 9.31. The van der Waals surface area contributed by atoms with Gasteiger partial charge in [-0.05, 0) is 0 Å². The average Bonchev–Trinajstić information content (AvgIpc) is 1.91. The molecule has 0 aliphatic carbocycles. The normalized spacial score (nSPS) is 11.6. The molecule has 0 fully saturated rings. The summed E-state index contributed by atoms with van der Waals surface area (Å²) in [5.74, 6) is -0.176. The predicted octanol–water partition coefficient (Wildman–Crippen LogP) is 1.61. The summed E-state index contributed by atoms with van der Waals surface area (Å²) in [5.41, 5.74) is 0. The van der Waals surface area contributed by atoms with Crippen LogP contribution in [0.3, 0.4) is 0 Å². The van der Waals surface area contributed by atoms with Gasteiger partial charge in [0.1, 0.15) is 0 Å². The van der Waals surface area contributed by atoms with Crippen LogP contribution < -0.4 is 0 Å². The molecule has 8 heavy (non-hydrogen) atoms. The maximum atomic E-state index is 11.2. The van der Waals surface area contributed by atoms with Gasteiger partial charge in [0.05, 0.1) is 6.67 Å². The monoisotopic (exact) mass is 122 g/mol. The van der Waals surface area contributed by atoms with E-state index in [2.05, 4.69) is 0 Å². The van der Waals surface area contributed by atoms with Crippen LogP contribution in [0.2, 0.25) is 0 Å². The van der Waals surface area contributed by atoms with E-state index in [-0.39, 0.29) is 12.5 Å². The van der Waals surface area contributed by atoms with Crippen molar-refractivity contribution in [2.75, 3.05) is 13.3 Å². The van der Waals surface area contributed by atoms with E-state index >= 15 is 0 Å². The molecule has 1 nitrogen and oxygen atoms in total. The maximum absolute atomic E-state index is 11.2. The van der Waals surface area contributed by atoms with Gasteiger partial charge >= 0.3 is 0 Å². The van der Waals surface area contributed by atoms with Crippen LogP contribution in [0.25, 0.3) is 0 Å². The van der Waals surface area contributed by atoms with E-state index in [1.165, 1.54) is 0 Å². The number of halogens is 1. The number of alkyl halides is 1. The second kappa shape index (κ2) is 10.00. The van der Waals surface area contributed by atoms with Gasteiger partial charge in [-0.25, -0.2) is 0 Å². The van der Waals surface area contributed by atoms with Crippen LogP contribution >= 0.6 is 0 Å². The van der Waals surface area contributed by atoms with Crippen molar-refractivity contribution in [3.63, 3.8) is 0 Å². The first-order valence-electron chi connectivity index (χ1n) is 2.98. The fourth-order valence-corrected chi connectivity index (χ4v) is 0.0488. The molecule has 0 rings (SSSR count). The van der Waals surface area contributed by atoms with Crippen LogP contribution in [0.1, 0.15) is 20.8 Å². The zero-order valence-corrected chi connectivity index (χ0v) is 5.82. The lowest BCUT2D eigenvalue weighted by Gasteiger charge is -1.95. The van der Waals surface area contributed by atoms with Crippen molar-refractivity contribution in [1.29, 1.82) is 0 Å². The summed E-state index contributed by atoms with van der Waals surface area (Å²) in [7, 11) is 0. The van der Waals surface area contributed by atoms with E-state index in [1.807, 2.05) is 13.8 Å². The fraction of sp³-hybridized carbons (Fsp3) is 1.00. The molecule has 0 aliphatic rings. The summed E-state index contributed by atoms with van der Waals surface area (Å²) in [4.78, 5) is 0. The lowest BCUT2D eigenvalue weighted by atomic mass is 10.2. The number of hydrogen-bond acceptors (Lipinski definition) is 1. The highest BCUT2D eigenvalue weighted by molar-refractivity contribution is 4.42. The highest BCUT2D eigenvalue weighted by Crippen LogP contribution is 1.89. The Bertz CT molecular complexity index is 27.7. The molecule has 0 spiro atoms. The minimum absolute atomic E-state index is 0.0451. The second-order valence-electron chi connectivity index (χ2n) is 1.44. The van der Waals surface area contributed by atoms with Crippen molar-refractivity contribution in [1.82, 2.24) is 0 Å². The van der Waals surface area contributed by atoms with Gasteiger partial charge in [-0.2, -0.15) is 0 Å². The zero-order valence-electron chi connectivity index (χ0n) is 5.82. The van der Waals surface area contributed by atoms with Gasteiger partial charge in [-0.3, -0.25) is 4.39 Å². The molecule has 1 atom stereocenters. The van der Waals surface area contributed by atoms with Crippen LogP contribution in [0.4, 0.5) is 4.39 Å². The molecule has 1 N–H and O–H groups in total. The van der Waals surface area contributed by atoms with E-state index in [0.29, 0.717) is 0 Å². The Labute approximate surface area is 50.5 Å². The number of aliphatic hydroxyl groups excluding tert-OH is 1. The highest BCUT2D eigenvalue weighted by Gasteiger charge is 1.93. The van der Waals surface area contributed by atoms with Crippen LogP contribution in [0.15, 0.2) is 0 Å². The fourth-order valence-electron chi connectivity index (χ4n) is 0.0488. The largest absolute Gasteiger partial charge is 0.396 e. The van der Waals surface area contributed by atoms with Crippen molar-refractivity contribution >= 4 is 0 Å². The summed E-state index contributed by atoms with van der Waals surface area (Å²) < 4.78 is 11.2. The summed E-state index contributed by atoms with van der Waals surface area (Å²) in [5, 5.41) is 8.09. The average molecular weight is 122 g/mol. The van der Waals surface area contributed by atoms with Gasteiger partial charge in [0.25, 0.3) is 0 Å². The Hall–Kier alpha value is -0.110. The molecule has 0 aliphatic heterocycles. The SMILES string of the molecule is CC.C[C@@H](CO)CF. The first-order chi connectivity index (χ1) is 3.81. The molecule has 0 radical (unpaired) electrons. The van der Waals surface area contributed by atoms with E-state index in [0.717, 1.165) is 0 Å². The number of hydrogen-bond donors (Lipinski definition) is 1. The Morgan fingerprint density at radius 3 is 1.88 bits per heavy atom. The van der Waals surface area contributed by atoms with Crippen molar-refractivity contribution in [2.24, 2.45) is 5.92 Å². The van der Waals surface area contributed by atoms with E-state index in [1.54, 1.807) is 6.92 Å². The molecule has 0 aromatic heterocycles. The zero-order chi connectivity index (χ0) is 6.99. The van der Waals surface area contributed by atoms with Gasteiger partial charge in [-0.15, -0.1) is 0 Å². The molecule has 0 saturated heterocycles. The second-order valence-corrected chi connectivity index (χ2v) is 1.44. The quantitative estimate of drug-likeness (QED) is 0.590. The molecule has 52 valence electrons. The molecule has 0 amide bonds. The molecule has 0 aromatic rings. The lowest BCUT2D eigenvalue weighted by molar-refractivity contribution is 0.210. The molecular weight excluding hydrogens is 107 g/mol. The lowest BCUT2D eigenvalue weighted by Crippen LogP contribution is -2.00. The minimum Gasteiger partial charge on any atom is -0.396 e. The Kier molecular flexibility index (Phi) is 13.5. The van der Waals surface area contributed by atoms with Crippen molar-refractivity contribution < 1.29 is 9.50 Å². The van der Waals surface area contributed by atoms with Crippen molar-refractivity contribution in [3.05, 3.63) is 0 Å². The maximum Gasteiger partial charge on any atom is 0.0941 e. The summed E-state index contributed by atoms with van der Waals surface area (Å²) in [6.45, 7) is 5.19. The molecule has 2 heteroatoms. The van der Waals surface area contributed by atoms with E-state index in [4.69, 9.17) is 5.11 Å². The minimum atomic E-state index is -0.420. The molecule has 0 heterocycles. The van der Waals surface area contributed by atoms with Gasteiger partial charge in [0.15, 0.2) is 0 Å². The van der Waals surface area contributed by atoms with Crippen LogP contribution in [0, 0.1) is 5.92 Å². The van der Waals surface area contributed by atoms with E-state index < -0.39 is 6.67 Å². The van der Waals surface area contributed by atoms with Crippen molar-refractivity contribution in [3.8, 4) is 0 Å². The topological polar surface area (TPSA) is 20.2 Å². The third-order valence-electron chi connectivity index (χ3n) is 0.575. The Morgan fingerprint density at radius 2 is 1.88 bits per heavy atom. The first kappa shape index (κ1) is 10.8. The number of rotatable bonds is 2. The Morgan fingerprint density at radius 1 is 1.50 bits per heavy atom. The molecule has 0 saturated carbocycles. The summed E-state index contributed by atoms with van der Waals surface area (Å²) in [6.07, 6.45) is 0. The van der Waals surface area contributed by atoms with Gasteiger partial charge < -0.3 is 5.11 Å². The van der Waals surface area contributed by atoms with Gasteiger partial charge in [-0.1, -0.05) is 20.8 Å². The number of aliphatic hydroxyl groups is 1. The van der Waals surface area contributed by atoms with Crippen LogP contribution in [0.5, 0.6) is 0 Å². The standard InChI is InChI=1S/C4H9FO.C2H6/c1-4(2-5)3-6;1-2/h4,6H,2-3H2,1H3;1-2H3/t4-;/m1./s1. The predicted molar refractivity (Wildman–Crippen MR) is 33.6 cm³/mol. The van der Waals surface area contributed by atoms with Gasteiger partial charge in [0, 0.05) is 12.5 Å². The smallest absolute Gasteiger partial charge is 0.0941 e. The molecule has 0 bridgehead atoms. The van der Waals surface area contributed by atoms with Crippen LogP contribution in [-0.2, 0) is 0 Å².